The molecule has 0 saturated carbocycles. The minimum absolute atomic E-state index is 0.0521. The van der Waals surface area contributed by atoms with E-state index >= 15 is 0 Å². The van der Waals surface area contributed by atoms with Gasteiger partial charge in [-0.25, -0.2) is 13.2 Å². The van der Waals surface area contributed by atoms with E-state index in [1.54, 1.807) is 12.1 Å². The molecule has 0 amide bonds. The van der Waals surface area contributed by atoms with Gasteiger partial charge in [0.05, 0.1) is 5.02 Å². The zero-order chi connectivity index (χ0) is 14.3. The molecule has 0 saturated heterocycles. The standard InChI is InChI=1S/C12H16ClF3N2O/c13-12-8(2-1-3-10(12)14)6-9(18-17)4-5-19-7-11(15)16/h1-3,9,11,18H,4-7,17H2. The van der Waals surface area contributed by atoms with Crippen LogP contribution in [0.5, 0.6) is 0 Å². The number of halogens is 4. The van der Waals surface area contributed by atoms with Crippen LogP contribution in [0.25, 0.3) is 0 Å². The maximum absolute atomic E-state index is 13.2. The largest absolute Gasteiger partial charge is 0.375 e. The van der Waals surface area contributed by atoms with Gasteiger partial charge in [0.15, 0.2) is 0 Å². The molecule has 0 heterocycles. The summed E-state index contributed by atoms with van der Waals surface area (Å²) >= 11 is 5.82. The molecule has 0 radical (unpaired) electrons. The number of nitrogens with two attached hydrogens (primary N) is 1. The molecule has 19 heavy (non-hydrogen) atoms. The minimum atomic E-state index is -2.48. The van der Waals surface area contributed by atoms with E-state index in [0.29, 0.717) is 18.4 Å². The van der Waals surface area contributed by atoms with Crippen LogP contribution < -0.4 is 11.3 Å². The van der Waals surface area contributed by atoms with Crippen LogP contribution in [0, 0.1) is 5.82 Å². The monoisotopic (exact) mass is 296 g/mol. The summed E-state index contributed by atoms with van der Waals surface area (Å²) in [5.41, 5.74) is 3.15. The van der Waals surface area contributed by atoms with Crippen LogP contribution in [-0.2, 0) is 11.2 Å². The summed E-state index contributed by atoms with van der Waals surface area (Å²) in [6.45, 7) is -0.454. The van der Waals surface area contributed by atoms with Crippen molar-refractivity contribution in [3.8, 4) is 0 Å². The zero-order valence-corrected chi connectivity index (χ0v) is 11.0. The lowest BCUT2D eigenvalue weighted by atomic mass is 10.0. The molecule has 7 heteroatoms. The summed E-state index contributed by atoms with van der Waals surface area (Å²) in [5.74, 6) is 4.86. The van der Waals surface area contributed by atoms with Crippen molar-refractivity contribution in [1.82, 2.24) is 5.43 Å². The Morgan fingerprint density at radius 3 is 2.74 bits per heavy atom. The average Bonchev–Trinajstić information content (AvgIpc) is 2.37. The lowest BCUT2D eigenvalue weighted by Crippen LogP contribution is -2.37. The fraction of sp³-hybridized carbons (Fsp3) is 0.500. The number of ether oxygens (including phenoxy) is 1. The van der Waals surface area contributed by atoms with Gasteiger partial charge >= 0.3 is 0 Å². The number of hydrogen-bond donors (Lipinski definition) is 2. The van der Waals surface area contributed by atoms with Crippen LogP contribution in [0.2, 0.25) is 5.02 Å². The quantitative estimate of drug-likeness (QED) is 0.440. The molecule has 0 aliphatic carbocycles. The molecule has 0 aromatic heterocycles. The fourth-order valence-corrected chi connectivity index (χ4v) is 1.82. The smallest absolute Gasteiger partial charge is 0.261 e. The number of nitrogens with one attached hydrogen (secondary N) is 1. The number of hydrazine groups is 1. The predicted molar refractivity (Wildman–Crippen MR) is 67.7 cm³/mol. The summed E-state index contributed by atoms with van der Waals surface area (Å²) in [5, 5.41) is 0.0521. The van der Waals surface area contributed by atoms with Crippen molar-refractivity contribution in [2.75, 3.05) is 13.2 Å². The van der Waals surface area contributed by atoms with E-state index in [2.05, 4.69) is 5.43 Å². The first kappa shape index (κ1) is 16.2. The van der Waals surface area contributed by atoms with Crippen molar-refractivity contribution in [3.63, 3.8) is 0 Å². The zero-order valence-electron chi connectivity index (χ0n) is 10.2. The van der Waals surface area contributed by atoms with Crippen LogP contribution >= 0.6 is 11.6 Å². The highest BCUT2D eigenvalue weighted by atomic mass is 35.5. The molecular formula is C12H16ClF3N2O. The van der Waals surface area contributed by atoms with E-state index in [0.717, 1.165) is 0 Å². The lowest BCUT2D eigenvalue weighted by molar-refractivity contribution is 0.0144. The van der Waals surface area contributed by atoms with Gasteiger partial charge < -0.3 is 4.74 Å². The third-order valence-electron chi connectivity index (χ3n) is 2.59. The summed E-state index contributed by atoms with van der Waals surface area (Å²) in [6.07, 6.45) is -1.66. The van der Waals surface area contributed by atoms with Crippen LogP contribution in [-0.4, -0.2) is 25.7 Å². The summed E-state index contributed by atoms with van der Waals surface area (Å²) in [7, 11) is 0. The Morgan fingerprint density at radius 1 is 1.37 bits per heavy atom. The van der Waals surface area contributed by atoms with Crippen molar-refractivity contribution in [1.29, 1.82) is 0 Å². The number of hydrogen-bond acceptors (Lipinski definition) is 3. The summed E-state index contributed by atoms with van der Waals surface area (Å²) in [4.78, 5) is 0. The van der Waals surface area contributed by atoms with Gasteiger partial charge in [-0.1, -0.05) is 23.7 Å². The maximum Gasteiger partial charge on any atom is 0.261 e. The van der Waals surface area contributed by atoms with E-state index in [4.69, 9.17) is 22.2 Å². The van der Waals surface area contributed by atoms with E-state index in [9.17, 15) is 13.2 Å². The summed E-state index contributed by atoms with van der Waals surface area (Å²) in [6, 6.07) is 4.28. The molecule has 0 bridgehead atoms. The third kappa shape index (κ3) is 5.78. The topological polar surface area (TPSA) is 47.3 Å². The highest BCUT2D eigenvalue weighted by molar-refractivity contribution is 6.31. The Hall–Kier alpha value is -0.820. The lowest BCUT2D eigenvalue weighted by Gasteiger charge is -2.16. The first-order chi connectivity index (χ1) is 9.04. The Kier molecular flexibility index (Phi) is 7.15. The molecule has 3 N–H and O–H groups in total. The van der Waals surface area contributed by atoms with Gasteiger partial charge in [0, 0.05) is 12.6 Å². The molecule has 0 aliphatic rings. The molecule has 0 aliphatic heterocycles. The second-order valence-corrected chi connectivity index (χ2v) is 4.41. The third-order valence-corrected chi connectivity index (χ3v) is 3.01. The molecule has 0 spiro atoms. The SMILES string of the molecule is NNC(CCOCC(F)F)Cc1cccc(F)c1Cl. The van der Waals surface area contributed by atoms with Crippen molar-refractivity contribution >= 4 is 11.6 Å². The molecule has 108 valence electrons. The van der Waals surface area contributed by atoms with Gasteiger partial charge in [-0.15, -0.1) is 0 Å². The van der Waals surface area contributed by atoms with E-state index in [1.807, 2.05) is 0 Å². The number of benzene rings is 1. The van der Waals surface area contributed by atoms with Crippen LogP contribution in [0.4, 0.5) is 13.2 Å². The first-order valence-electron chi connectivity index (χ1n) is 5.79. The van der Waals surface area contributed by atoms with Gasteiger partial charge in [-0.05, 0) is 24.5 Å². The van der Waals surface area contributed by atoms with Crippen LogP contribution in [0.3, 0.4) is 0 Å². The molecule has 1 atom stereocenters. The number of rotatable bonds is 8. The minimum Gasteiger partial charge on any atom is -0.375 e. The molecule has 1 rings (SSSR count). The van der Waals surface area contributed by atoms with Crippen LogP contribution in [0.1, 0.15) is 12.0 Å². The summed E-state index contributed by atoms with van der Waals surface area (Å²) < 4.78 is 41.7. The maximum atomic E-state index is 13.2. The van der Waals surface area contributed by atoms with Crippen molar-refractivity contribution in [2.24, 2.45) is 5.84 Å². The van der Waals surface area contributed by atoms with Gasteiger partial charge in [0.25, 0.3) is 6.43 Å². The molecule has 1 aromatic rings. The molecule has 1 unspecified atom stereocenters. The van der Waals surface area contributed by atoms with Gasteiger partial charge in [0.1, 0.15) is 12.4 Å². The van der Waals surface area contributed by atoms with Crippen molar-refractivity contribution in [2.45, 2.75) is 25.3 Å². The normalized spacial score (nSPS) is 12.9. The van der Waals surface area contributed by atoms with E-state index < -0.39 is 18.8 Å². The second-order valence-electron chi connectivity index (χ2n) is 4.04. The Labute approximate surface area is 114 Å². The highest BCUT2D eigenvalue weighted by Crippen LogP contribution is 2.21. The van der Waals surface area contributed by atoms with Gasteiger partial charge in [-0.2, -0.15) is 0 Å². The first-order valence-corrected chi connectivity index (χ1v) is 6.17. The predicted octanol–water partition coefficient (Wildman–Crippen LogP) is 2.53. The Bertz CT molecular complexity index is 393. The van der Waals surface area contributed by atoms with Crippen molar-refractivity contribution in [3.05, 3.63) is 34.6 Å². The molecule has 3 nitrogen and oxygen atoms in total. The average molecular weight is 297 g/mol. The Balaban J connectivity index is 2.45. The van der Waals surface area contributed by atoms with Gasteiger partial charge in [-0.3, -0.25) is 11.3 Å². The van der Waals surface area contributed by atoms with Crippen LogP contribution in [0.15, 0.2) is 18.2 Å². The Morgan fingerprint density at radius 2 is 2.11 bits per heavy atom. The molecule has 1 aromatic carbocycles. The number of alkyl halides is 2. The fourth-order valence-electron chi connectivity index (χ4n) is 1.61. The van der Waals surface area contributed by atoms with E-state index in [-0.39, 0.29) is 17.7 Å². The van der Waals surface area contributed by atoms with E-state index in [1.165, 1.54) is 6.07 Å². The highest BCUT2D eigenvalue weighted by Gasteiger charge is 2.13. The molecule has 0 fully saturated rings. The van der Waals surface area contributed by atoms with Crippen molar-refractivity contribution < 1.29 is 17.9 Å². The molecular weight excluding hydrogens is 281 g/mol. The van der Waals surface area contributed by atoms with Gasteiger partial charge in [0.2, 0.25) is 0 Å². The second kappa shape index (κ2) is 8.37.